The molecule has 0 aliphatic rings. The summed E-state index contributed by atoms with van der Waals surface area (Å²) in [7, 11) is 0. The second kappa shape index (κ2) is 5.63. The van der Waals surface area contributed by atoms with Crippen LogP contribution < -0.4 is 5.32 Å². The third-order valence-electron chi connectivity index (χ3n) is 2.37. The number of nitrogens with one attached hydrogen (secondary N) is 1. The third-order valence-corrected chi connectivity index (χ3v) is 3.52. The van der Waals surface area contributed by atoms with Crippen LogP contribution in [0.3, 0.4) is 0 Å². The summed E-state index contributed by atoms with van der Waals surface area (Å²) in [6.45, 7) is 3.69. The number of carbonyl (C=O) groups is 3. The molecule has 0 fully saturated rings. The quantitative estimate of drug-likeness (QED) is 0.741. The highest BCUT2D eigenvalue weighted by atomic mass is 32.1. The molecule has 1 aromatic rings. The second-order valence-electron chi connectivity index (χ2n) is 3.81. The van der Waals surface area contributed by atoms with Crippen molar-refractivity contribution in [1.29, 1.82) is 0 Å². The van der Waals surface area contributed by atoms with Crippen molar-refractivity contribution in [1.82, 2.24) is 5.32 Å². The van der Waals surface area contributed by atoms with Crippen molar-refractivity contribution in [3.05, 3.63) is 21.4 Å². The van der Waals surface area contributed by atoms with E-state index in [9.17, 15) is 14.4 Å². The Morgan fingerprint density at radius 2 is 1.94 bits per heavy atom. The Morgan fingerprint density at radius 1 is 1.33 bits per heavy atom. The van der Waals surface area contributed by atoms with Crippen LogP contribution in [-0.2, 0) is 9.59 Å². The van der Waals surface area contributed by atoms with Gasteiger partial charge in [-0.15, -0.1) is 11.3 Å². The summed E-state index contributed by atoms with van der Waals surface area (Å²) in [5.74, 6) is -3.21. The van der Waals surface area contributed by atoms with Gasteiger partial charge in [-0.3, -0.25) is 9.59 Å². The van der Waals surface area contributed by atoms with Gasteiger partial charge in [-0.25, -0.2) is 4.79 Å². The predicted octanol–water partition coefficient (Wildman–Crippen LogP) is 1.02. The van der Waals surface area contributed by atoms with E-state index in [0.29, 0.717) is 4.88 Å². The monoisotopic (exact) mass is 271 g/mol. The van der Waals surface area contributed by atoms with E-state index < -0.39 is 30.3 Å². The van der Waals surface area contributed by atoms with Crippen LogP contribution in [0.4, 0.5) is 0 Å². The molecule has 0 aromatic carbocycles. The lowest BCUT2D eigenvalue weighted by Gasteiger charge is -2.11. The average molecular weight is 271 g/mol. The van der Waals surface area contributed by atoms with Crippen LogP contribution in [0.5, 0.6) is 0 Å². The zero-order chi connectivity index (χ0) is 13.9. The standard InChI is InChI=1S/C11H13NO5S/c1-5-3-8(18-6(5)2)10(15)12-7(11(16)17)4-9(13)14/h3,7H,4H2,1-2H3,(H,12,15)(H,13,14)(H,16,17)/t7-/m1/s1. The number of rotatable bonds is 5. The van der Waals surface area contributed by atoms with E-state index in [1.165, 1.54) is 11.3 Å². The van der Waals surface area contributed by atoms with E-state index in [1.807, 2.05) is 13.8 Å². The molecule has 0 spiro atoms. The Labute approximate surface area is 107 Å². The van der Waals surface area contributed by atoms with E-state index in [0.717, 1.165) is 10.4 Å². The molecule has 0 aliphatic heterocycles. The van der Waals surface area contributed by atoms with Crippen LogP contribution in [0.2, 0.25) is 0 Å². The number of amides is 1. The second-order valence-corrected chi connectivity index (χ2v) is 5.07. The van der Waals surface area contributed by atoms with Gasteiger partial charge in [-0.05, 0) is 25.5 Å². The van der Waals surface area contributed by atoms with Gasteiger partial charge in [-0.2, -0.15) is 0 Å². The first-order valence-corrected chi connectivity index (χ1v) is 5.95. The Bertz CT molecular complexity index is 474. The zero-order valence-corrected chi connectivity index (χ0v) is 10.7. The minimum absolute atomic E-state index is 0.377. The van der Waals surface area contributed by atoms with Gasteiger partial charge < -0.3 is 15.5 Å². The molecule has 0 aliphatic carbocycles. The summed E-state index contributed by atoms with van der Waals surface area (Å²) in [5, 5.41) is 19.6. The number of thiophene rings is 1. The van der Waals surface area contributed by atoms with Crippen LogP contribution in [-0.4, -0.2) is 34.1 Å². The van der Waals surface area contributed by atoms with Crippen molar-refractivity contribution in [2.45, 2.75) is 26.3 Å². The van der Waals surface area contributed by atoms with Gasteiger partial charge in [0.15, 0.2) is 0 Å². The molecule has 0 saturated carbocycles. The fraction of sp³-hybridized carbons (Fsp3) is 0.364. The predicted molar refractivity (Wildman–Crippen MR) is 64.9 cm³/mol. The van der Waals surface area contributed by atoms with Gasteiger partial charge in [0, 0.05) is 4.88 Å². The van der Waals surface area contributed by atoms with E-state index >= 15 is 0 Å². The molecule has 0 radical (unpaired) electrons. The summed E-state index contributed by atoms with van der Waals surface area (Å²) < 4.78 is 0. The minimum Gasteiger partial charge on any atom is -0.481 e. The minimum atomic E-state index is -1.42. The Kier molecular flexibility index (Phi) is 4.43. The maximum Gasteiger partial charge on any atom is 0.326 e. The van der Waals surface area contributed by atoms with E-state index in [1.54, 1.807) is 6.07 Å². The molecule has 1 rings (SSSR count). The van der Waals surface area contributed by atoms with E-state index in [4.69, 9.17) is 10.2 Å². The Balaban J connectivity index is 2.78. The van der Waals surface area contributed by atoms with Crippen molar-refractivity contribution in [2.75, 3.05) is 0 Å². The van der Waals surface area contributed by atoms with Crippen LogP contribution in [0.1, 0.15) is 26.5 Å². The number of carboxylic acids is 2. The summed E-state index contributed by atoms with van der Waals surface area (Å²) in [6, 6.07) is 0.229. The smallest absolute Gasteiger partial charge is 0.326 e. The summed E-state index contributed by atoms with van der Waals surface area (Å²) >= 11 is 1.24. The first-order valence-electron chi connectivity index (χ1n) is 5.13. The molecule has 6 nitrogen and oxygen atoms in total. The number of hydrogen-bond acceptors (Lipinski definition) is 4. The highest BCUT2D eigenvalue weighted by molar-refractivity contribution is 7.14. The molecular formula is C11H13NO5S. The van der Waals surface area contributed by atoms with Gasteiger partial charge in [0.25, 0.3) is 5.91 Å². The van der Waals surface area contributed by atoms with Gasteiger partial charge in [0.2, 0.25) is 0 Å². The maximum atomic E-state index is 11.7. The van der Waals surface area contributed by atoms with Crippen LogP contribution in [0.25, 0.3) is 0 Å². The zero-order valence-electron chi connectivity index (χ0n) is 9.89. The largest absolute Gasteiger partial charge is 0.481 e. The molecule has 98 valence electrons. The topological polar surface area (TPSA) is 104 Å². The molecule has 0 bridgehead atoms. The normalized spacial score (nSPS) is 11.9. The van der Waals surface area contributed by atoms with Gasteiger partial charge >= 0.3 is 11.9 Å². The van der Waals surface area contributed by atoms with Crippen molar-refractivity contribution in [3.63, 3.8) is 0 Å². The van der Waals surface area contributed by atoms with Crippen molar-refractivity contribution >= 4 is 29.2 Å². The first kappa shape index (κ1) is 14.2. The van der Waals surface area contributed by atoms with Crippen molar-refractivity contribution < 1.29 is 24.6 Å². The number of aryl methyl sites for hydroxylation is 2. The third kappa shape index (κ3) is 3.56. The van der Waals surface area contributed by atoms with E-state index in [-0.39, 0.29) is 0 Å². The first-order chi connectivity index (χ1) is 8.31. The number of hydrogen-bond donors (Lipinski definition) is 3. The number of carboxylic acid groups (broad SMARTS) is 2. The fourth-order valence-electron chi connectivity index (χ4n) is 1.29. The number of carbonyl (C=O) groups excluding carboxylic acids is 1. The van der Waals surface area contributed by atoms with Crippen LogP contribution in [0.15, 0.2) is 6.07 Å². The molecule has 7 heteroatoms. The van der Waals surface area contributed by atoms with Gasteiger partial charge in [0.1, 0.15) is 6.04 Å². The lowest BCUT2D eigenvalue weighted by Crippen LogP contribution is -2.41. The van der Waals surface area contributed by atoms with Crippen LogP contribution >= 0.6 is 11.3 Å². The summed E-state index contributed by atoms with van der Waals surface area (Å²) in [4.78, 5) is 34.4. The maximum absolute atomic E-state index is 11.7. The molecule has 1 aromatic heterocycles. The highest BCUT2D eigenvalue weighted by Gasteiger charge is 2.24. The molecule has 0 unspecified atom stereocenters. The molecule has 18 heavy (non-hydrogen) atoms. The lowest BCUT2D eigenvalue weighted by molar-refractivity contribution is -0.145. The van der Waals surface area contributed by atoms with E-state index in [2.05, 4.69) is 5.32 Å². The van der Waals surface area contributed by atoms with Crippen LogP contribution in [0, 0.1) is 13.8 Å². The molecular weight excluding hydrogens is 258 g/mol. The Hall–Kier alpha value is -1.89. The average Bonchev–Trinajstić information content (AvgIpc) is 2.57. The van der Waals surface area contributed by atoms with Crippen molar-refractivity contribution in [2.24, 2.45) is 0 Å². The SMILES string of the molecule is Cc1cc(C(=O)N[C@H](CC(=O)O)C(=O)O)sc1C. The van der Waals surface area contributed by atoms with Crippen molar-refractivity contribution in [3.8, 4) is 0 Å². The van der Waals surface area contributed by atoms with Gasteiger partial charge in [-0.1, -0.05) is 0 Å². The molecule has 1 atom stereocenters. The summed E-state index contributed by atoms with van der Waals surface area (Å²) in [5.41, 5.74) is 0.940. The fourth-order valence-corrected chi connectivity index (χ4v) is 2.23. The Morgan fingerprint density at radius 3 is 2.33 bits per heavy atom. The lowest BCUT2D eigenvalue weighted by atomic mass is 10.2. The number of aliphatic carboxylic acids is 2. The molecule has 3 N–H and O–H groups in total. The highest BCUT2D eigenvalue weighted by Crippen LogP contribution is 2.20. The molecule has 1 heterocycles. The molecule has 1 amide bonds. The molecule has 0 saturated heterocycles. The summed E-state index contributed by atoms with van der Waals surface area (Å²) in [6.07, 6.45) is -0.648. The van der Waals surface area contributed by atoms with Gasteiger partial charge in [0.05, 0.1) is 11.3 Å².